The van der Waals surface area contributed by atoms with E-state index in [0.29, 0.717) is 19.3 Å². The van der Waals surface area contributed by atoms with Crippen LogP contribution in [0.3, 0.4) is 0 Å². The number of ether oxygens (including phenoxy) is 3. The van der Waals surface area contributed by atoms with Gasteiger partial charge in [0, 0.05) is 19.3 Å². The summed E-state index contributed by atoms with van der Waals surface area (Å²) in [5.74, 6) is -0.849. The number of hydrogen-bond donors (Lipinski definition) is 0. The largest absolute Gasteiger partial charge is 0.462 e. The van der Waals surface area contributed by atoms with Crippen molar-refractivity contribution in [1.82, 2.24) is 0 Å². The van der Waals surface area contributed by atoms with Crippen LogP contribution in [0.25, 0.3) is 0 Å². The molecule has 0 fully saturated rings. The van der Waals surface area contributed by atoms with Crippen LogP contribution in [-0.4, -0.2) is 37.2 Å². The normalized spacial score (nSPS) is 12.3. The molecule has 0 aliphatic heterocycles. The van der Waals surface area contributed by atoms with E-state index in [4.69, 9.17) is 14.2 Å². The van der Waals surface area contributed by atoms with Crippen molar-refractivity contribution in [1.29, 1.82) is 0 Å². The Balaban J connectivity index is 4.17. The van der Waals surface area contributed by atoms with Crippen LogP contribution in [0.5, 0.6) is 0 Å². The van der Waals surface area contributed by atoms with Crippen LogP contribution in [0.2, 0.25) is 0 Å². The van der Waals surface area contributed by atoms with Crippen molar-refractivity contribution in [3.8, 4) is 0 Å². The quantitative estimate of drug-likeness (QED) is 0.0261. The van der Waals surface area contributed by atoms with E-state index in [1.807, 2.05) is 0 Å². The molecule has 0 heterocycles. The van der Waals surface area contributed by atoms with Crippen LogP contribution in [0, 0.1) is 0 Å². The fraction of sp³-hybridized carbons (Fsp3) is 0.828. The molecule has 0 aliphatic carbocycles. The Morgan fingerprint density at radius 2 is 0.557 bits per heavy atom. The van der Waals surface area contributed by atoms with Crippen molar-refractivity contribution >= 4 is 17.9 Å². The Morgan fingerprint density at radius 3 is 0.871 bits per heavy atom. The molecular weight excluding hydrogens is 865 g/mol. The Hall–Kier alpha value is -2.63. The van der Waals surface area contributed by atoms with Gasteiger partial charge in [0.15, 0.2) is 6.10 Å². The highest BCUT2D eigenvalue weighted by molar-refractivity contribution is 5.71. The molecule has 0 amide bonds. The number of rotatable bonds is 56. The van der Waals surface area contributed by atoms with E-state index in [0.717, 1.165) is 83.5 Å². The van der Waals surface area contributed by atoms with E-state index in [-0.39, 0.29) is 31.1 Å². The average molecular weight is 982 g/mol. The third kappa shape index (κ3) is 56.3. The lowest BCUT2D eigenvalue weighted by atomic mass is 10.0. The number of hydrogen-bond acceptors (Lipinski definition) is 6. The molecule has 0 bridgehead atoms. The fourth-order valence-corrected chi connectivity index (χ4v) is 9.02. The van der Waals surface area contributed by atoms with Crippen LogP contribution in [-0.2, 0) is 28.6 Å². The lowest BCUT2D eigenvalue weighted by Crippen LogP contribution is -2.30. The van der Waals surface area contributed by atoms with Crippen molar-refractivity contribution in [3.05, 3.63) is 48.6 Å². The first-order valence-corrected chi connectivity index (χ1v) is 30.6. The van der Waals surface area contributed by atoms with Gasteiger partial charge >= 0.3 is 17.9 Å². The summed E-state index contributed by atoms with van der Waals surface area (Å²) in [4.78, 5) is 38.1. The second-order valence-electron chi connectivity index (χ2n) is 20.6. The summed E-state index contributed by atoms with van der Waals surface area (Å²) < 4.78 is 16.9. The maximum atomic E-state index is 12.8. The van der Waals surface area contributed by atoms with Crippen LogP contribution >= 0.6 is 0 Å². The highest BCUT2D eigenvalue weighted by Crippen LogP contribution is 2.17. The molecule has 0 N–H and O–H groups in total. The molecule has 0 aromatic carbocycles. The van der Waals surface area contributed by atoms with E-state index in [1.54, 1.807) is 0 Å². The van der Waals surface area contributed by atoms with Gasteiger partial charge < -0.3 is 14.2 Å². The summed E-state index contributed by atoms with van der Waals surface area (Å²) in [6, 6.07) is 0. The van der Waals surface area contributed by atoms with E-state index < -0.39 is 6.10 Å². The van der Waals surface area contributed by atoms with E-state index in [9.17, 15) is 14.4 Å². The molecule has 1 atom stereocenters. The number of allylic oxidation sites excluding steroid dienone is 8. The number of carbonyl (C=O) groups excluding carboxylic acids is 3. The Kier molecular flexibility index (Phi) is 56.7. The molecule has 0 aliphatic rings. The highest BCUT2D eigenvalue weighted by Gasteiger charge is 2.19. The average Bonchev–Trinajstić information content (AvgIpc) is 3.36. The van der Waals surface area contributed by atoms with Crippen LogP contribution in [0.4, 0.5) is 0 Å². The first kappa shape index (κ1) is 67.4. The third-order valence-corrected chi connectivity index (χ3v) is 13.6. The first-order valence-electron chi connectivity index (χ1n) is 30.6. The molecule has 1 unspecified atom stereocenters. The van der Waals surface area contributed by atoms with Crippen LogP contribution in [0.1, 0.15) is 323 Å². The van der Waals surface area contributed by atoms with Crippen LogP contribution < -0.4 is 0 Å². The number of esters is 3. The lowest BCUT2D eigenvalue weighted by molar-refractivity contribution is -0.167. The van der Waals surface area contributed by atoms with Crippen molar-refractivity contribution in [2.45, 2.75) is 329 Å². The molecule has 6 nitrogen and oxygen atoms in total. The van der Waals surface area contributed by atoms with E-state index in [1.165, 1.54) is 199 Å². The van der Waals surface area contributed by atoms with E-state index >= 15 is 0 Å². The molecule has 0 saturated heterocycles. The molecule has 0 rings (SSSR count). The molecular formula is C64H116O6. The Bertz CT molecular complexity index is 1220. The fourth-order valence-electron chi connectivity index (χ4n) is 9.02. The first-order chi connectivity index (χ1) is 34.5. The van der Waals surface area contributed by atoms with Gasteiger partial charge in [0.2, 0.25) is 0 Å². The summed E-state index contributed by atoms with van der Waals surface area (Å²) in [5, 5.41) is 0. The van der Waals surface area contributed by atoms with Crippen molar-refractivity contribution < 1.29 is 28.6 Å². The summed E-state index contributed by atoms with van der Waals surface area (Å²) in [7, 11) is 0. The van der Waals surface area contributed by atoms with Gasteiger partial charge in [-0.15, -0.1) is 0 Å². The predicted molar refractivity (Wildman–Crippen MR) is 302 cm³/mol. The van der Waals surface area contributed by atoms with Gasteiger partial charge in [-0.3, -0.25) is 14.4 Å². The summed E-state index contributed by atoms with van der Waals surface area (Å²) in [6.45, 7) is 6.56. The second kappa shape index (κ2) is 58.9. The van der Waals surface area contributed by atoms with Gasteiger partial charge in [0.25, 0.3) is 0 Å². The molecule has 0 radical (unpaired) electrons. The molecule has 0 aromatic rings. The van der Waals surface area contributed by atoms with Gasteiger partial charge in [-0.2, -0.15) is 0 Å². The lowest BCUT2D eigenvalue weighted by Gasteiger charge is -2.18. The maximum Gasteiger partial charge on any atom is 0.306 e. The number of unbranched alkanes of at least 4 members (excludes halogenated alkanes) is 37. The topological polar surface area (TPSA) is 78.9 Å². The van der Waals surface area contributed by atoms with E-state index in [2.05, 4.69) is 69.4 Å². The summed E-state index contributed by atoms with van der Waals surface area (Å²) in [6.07, 6.45) is 72.6. The molecule has 408 valence electrons. The highest BCUT2D eigenvalue weighted by atomic mass is 16.6. The van der Waals surface area contributed by atoms with Crippen LogP contribution in [0.15, 0.2) is 48.6 Å². The van der Waals surface area contributed by atoms with Crippen molar-refractivity contribution in [2.75, 3.05) is 13.2 Å². The zero-order valence-electron chi connectivity index (χ0n) is 46.8. The van der Waals surface area contributed by atoms with Gasteiger partial charge in [0.05, 0.1) is 0 Å². The monoisotopic (exact) mass is 981 g/mol. The van der Waals surface area contributed by atoms with Gasteiger partial charge in [-0.25, -0.2) is 0 Å². The smallest absolute Gasteiger partial charge is 0.306 e. The second-order valence-corrected chi connectivity index (χ2v) is 20.6. The van der Waals surface area contributed by atoms with Crippen molar-refractivity contribution in [2.24, 2.45) is 0 Å². The number of carbonyl (C=O) groups is 3. The minimum atomic E-state index is -0.767. The van der Waals surface area contributed by atoms with Crippen molar-refractivity contribution in [3.63, 3.8) is 0 Å². The zero-order valence-corrected chi connectivity index (χ0v) is 46.8. The van der Waals surface area contributed by atoms with Gasteiger partial charge in [-0.05, 0) is 57.8 Å². The zero-order chi connectivity index (χ0) is 50.7. The third-order valence-electron chi connectivity index (χ3n) is 13.6. The van der Waals surface area contributed by atoms with Gasteiger partial charge in [0.1, 0.15) is 13.2 Å². The molecule has 6 heteroatoms. The predicted octanol–water partition coefficient (Wildman–Crippen LogP) is 20.6. The Morgan fingerprint density at radius 1 is 0.300 bits per heavy atom. The standard InChI is InChI=1S/C64H116O6/c1-4-7-10-13-16-19-22-24-26-27-28-29-30-31-32-33-34-35-36-37-38-40-42-45-48-51-54-57-63(66)69-60-61(59-68-62(65)56-53-50-47-44-41-21-18-15-12-9-6-3)70-64(67)58-55-52-49-46-43-39-25-23-20-17-14-11-8-5-2/h7,10,16,19,24,26,28-29,61H,4-6,8-9,11-15,17-18,20-23,25,27,30-60H2,1-3H3/b10-7-,19-16-,26-24-,29-28-. The molecule has 0 aromatic heterocycles. The molecule has 0 saturated carbocycles. The SMILES string of the molecule is CC/C=C\C/C=C\C/C=C\C/C=C\CCCCCCCCCCCCCCCCC(=O)OCC(COC(=O)CCCCCCCCCCCCC)OC(=O)CCCCCCCCCCCCCCCC. The summed E-state index contributed by atoms with van der Waals surface area (Å²) >= 11 is 0. The maximum absolute atomic E-state index is 12.8. The minimum absolute atomic E-state index is 0.0671. The Labute approximate surface area is 435 Å². The minimum Gasteiger partial charge on any atom is -0.462 e. The molecule has 70 heavy (non-hydrogen) atoms. The summed E-state index contributed by atoms with van der Waals surface area (Å²) in [5.41, 5.74) is 0. The molecule has 0 spiro atoms. The van der Waals surface area contributed by atoms with Gasteiger partial charge in [-0.1, -0.05) is 294 Å².